The van der Waals surface area contributed by atoms with E-state index in [4.69, 9.17) is 53.2 Å². The van der Waals surface area contributed by atoms with Crippen molar-refractivity contribution in [1.29, 1.82) is 0 Å². The largest absolute Gasteiger partial charge is 0 e. The molecular weight excluding hydrogens is 540 g/mol. The molecule has 0 aromatic rings. The topological polar surface area (TPSA) is 116 Å². The van der Waals surface area contributed by atoms with Gasteiger partial charge in [-0.2, -0.15) is 63.4 Å². The monoisotopic (exact) mass is 587 g/mol. The zero-order valence-electron chi connectivity index (χ0n) is 20.1. The smallest absolute Gasteiger partial charge is 0 e. The quantitative estimate of drug-likeness (QED) is 0.215. The molecule has 0 aromatic carbocycles. The summed E-state index contributed by atoms with van der Waals surface area (Å²) in [6.07, 6.45) is 10.7. The van der Waals surface area contributed by atoms with Gasteiger partial charge in [-0.15, -0.1) is 6.54 Å². The maximum Gasteiger partial charge on any atom is 0 e. The second-order valence-corrected chi connectivity index (χ2v) is 10.9. The zero-order chi connectivity index (χ0) is 24.7. The first-order valence-corrected chi connectivity index (χ1v) is 16.1. The predicted octanol–water partition coefficient (Wildman–Crippen LogP) is 6.99. The van der Waals surface area contributed by atoms with Gasteiger partial charge in [0.25, 0.3) is 0 Å². The van der Waals surface area contributed by atoms with Gasteiger partial charge in [0.2, 0.25) is 0 Å². The van der Waals surface area contributed by atoms with Crippen LogP contribution in [0.5, 0.6) is 0 Å². The standard InChI is InChI=1S/C22H40ClN7O.2ClH.Mn.4H2/c23-29-11-5-3-8-20-18-28-22-10-2-1-9-21(22)26-16-14-24-13-15-25-19(17-27-20)7-4-6-12-30-31;;;;;;;/h19-22H,1-18H2;2*1H;;4*1H/q-6;;;+2;;;;/p-1/t19-,20+,21-,22-;;;;;;;/m1......./s1. The summed E-state index contributed by atoms with van der Waals surface area (Å²) in [4.78, 5) is 14.2. The molecule has 0 bridgehead atoms. The molecular formula is C22H49Cl3MnN7O-5. The second-order valence-electron chi connectivity index (χ2n) is 8.72. The van der Waals surface area contributed by atoms with E-state index in [9.17, 15) is 4.91 Å². The van der Waals surface area contributed by atoms with Gasteiger partial charge in [-0.3, -0.25) is 11.8 Å². The van der Waals surface area contributed by atoms with Crippen molar-refractivity contribution in [3.8, 4) is 0 Å². The average Bonchev–Trinajstić information content (AvgIpc) is 2.85. The SMILES string of the molecule is O=[NH+]CCCC[C@@H]1C[N-][C@@H](CCCC[N-]Cl)C[N-][C@@H]2CCCC[C@H]2[N-]CC[N-]CC[N-]1.[Cl][Mn][Cl].[HH].[HH].[HH].[HH]. The summed E-state index contributed by atoms with van der Waals surface area (Å²) >= 11 is 5.49. The van der Waals surface area contributed by atoms with Gasteiger partial charge in [0.15, 0.2) is 6.54 Å². The molecule has 2 aliphatic rings. The Bertz CT molecular complexity index is 493. The molecule has 0 spiro atoms. The first-order valence-electron chi connectivity index (χ1n) is 12.5. The number of rotatable bonds is 10. The molecule has 2 rings (SSSR count). The molecule has 211 valence electrons. The summed E-state index contributed by atoms with van der Waals surface area (Å²) in [5.41, 5.74) is 0. The van der Waals surface area contributed by atoms with Crippen LogP contribution in [0.1, 0.15) is 69.9 Å². The van der Waals surface area contributed by atoms with Crippen LogP contribution in [0.15, 0.2) is 0 Å². The molecule has 34 heavy (non-hydrogen) atoms. The molecule has 1 aliphatic heterocycles. The summed E-state index contributed by atoms with van der Waals surface area (Å²) in [5, 5.41) is 26.6. The fourth-order valence-corrected chi connectivity index (χ4v) is 4.49. The first-order chi connectivity index (χ1) is 16.7. The van der Waals surface area contributed by atoms with E-state index in [0.29, 0.717) is 25.2 Å². The zero-order valence-corrected chi connectivity index (χ0v) is 23.6. The van der Waals surface area contributed by atoms with Crippen molar-refractivity contribution >= 4 is 32.0 Å². The molecule has 0 aromatic heterocycles. The van der Waals surface area contributed by atoms with Crippen molar-refractivity contribution < 1.29 is 24.0 Å². The number of nitrogens with one attached hydrogen (secondary N) is 1. The maximum absolute atomic E-state index is 10.5. The van der Waals surface area contributed by atoms with Crippen molar-refractivity contribution in [1.82, 2.24) is 0 Å². The Morgan fingerprint density at radius 1 is 0.824 bits per heavy atom. The third kappa shape index (κ3) is 17.2. The number of hydrogen-bond donors (Lipinski definition) is 1. The molecule has 0 unspecified atom stereocenters. The minimum Gasteiger partial charge on any atom is 0 e. The van der Waals surface area contributed by atoms with Crippen LogP contribution in [0.4, 0.5) is 0 Å². The summed E-state index contributed by atoms with van der Waals surface area (Å²) in [6, 6.07) is 1.14. The molecule has 1 aliphatic carbocycles. The minimum atomic E-state index is 0. The van der Waals surface area contributed by atoms with Crippen LogP contribution in [0.3, 0.4) is 0 Å². The van der Waals surface area contributed by atoms with E-state index >= 15 is 0 Å². The van der Waals surface area contributed by atoms with Crippen LogP contribution in [-0.4, -0.2) is 76.5 Å². The third-order valence-corrected chi connectivity index (χ3v) is 6.35. The number of hydrogen-bond acceptors (Lipinski definition) is 1. The summed E-state index contributed by atoms with van der Waals surface area (Å²) in [6.45, 7) is 5.84. The van der Waals surface area contributed by atoms with Crippen molar-refractivity contribution in [2.24, 2.45) is 0 Å². The molecule has 1 saturated carbocycles. The van der Waals surface area contributed by atoms with Gasteiger partial charge < -0.3 is 31.4 Å². The van der Waals surface area contributed by atoms with Crippen molar-refractivity contribution in [2.45, 2.75) is 88.4 Å². The summed E-state index contributed by atoms with van der Waals surface area (Å²) < 4.78 is 0. The fourth-order valence-electron chi connectivity index (χ4n) is 4.37. The number of unbranched alkanes of at least 4 members (excludes halogenated alkanes) is 2. The molecule has 4 atom stereocenters. The van der Waals surface area contributed by atoms with Crippen LogP contribution in [0.25, 0.3) is 31.4 Å². The minimum absolute atomic E-state index is 0. The van der Waals surface area contributed by atoms with Gasteiger partial charge in [-0.25, -0.2) is 0 Å². The van der Waals surface area contributed by atoms with Crippen molar-refractivity contribution in [3.63, 3.8) is 0 Å². The number of fused-ring (bicyclic) bond motifs is 1. The number of nitroso groups, excluding NO2 is 1. The second kappa shape index (κ2) is 24.1. The van der Waals surface area contributed by atoms with Gasteiger partial charge in [0.05, 0.1) is 0 Å². The van der Waals surface area contributed by atoms with E-state index in [0.717, 1.165) is 90.6 Å². The summed E-state index contributed by atoms with van der Waals surface area (Å²) in [5.74, 6) is 0. The Labute approximate surface area is 232 Å². The van der Waals surface area contributed by atoms with Crippen molar-refractivity contribution in [2.75, 3.05) is 52.4 Å². The van der Waals surface area contributed by atoms with E-state index in [2.05, 4.69) is 10.2 Å². The van der Waals surface area contributed by atoms with E-state index < -0.39 is 0 Å². The van der Waals surface area contributed by atoms with E-state index in [1.807, 2.05) is 5.18 Å². The van der Waals surface area contributed by atoms with Gasteiger partial charge >= 0.3 is 33.3 Å². The average molecular weight is 589 g/mol. The number of halogens is 3. The third-order valence-electron chi connectivity index (χ3n) is 6.18. The number of nitrogens with zero attached hydrogens (tertiary/aromatic N) is 6. The van der Waals surface area contributed by atoms with Crippen LogP contribution in [-0.2, 0) is 13.1 Å². The van der Waals surface area contributed by atoms with Crippen LogP contribution < -0.4 is 5.18 Å². The predicted molar refractivity (Wildman–Crippen MR) is 151 cm³/mol. The van der Waals surface area contributed by atoms with Gasteiger partial charge in [0, 0.05) is 17.0 Å². The normalized spacial score (nSPS) is 27.4. The van der Waals surface area contributed by atoms with Gasteiger partial charge in [-0.05, 0) is 11.6 Å². The molecule has 2 fully saturated rings. The Kier molecular flexibility index (Phi) is 23.2. The molecule has 8 nitrogen and oxygen atoms in total. The molecule has 0 radical (unpaired) electrons. The fraction of sp³-hybridized carbons (Fsp3) is 1.00. The summed E-state index contributed by atoms with van der Waals surface area (Å²) in [7, 11) is 9.59. The van der Waals surface area contributed by atoms with E-state index in [1.54, 1.807) is 0 Å². The molecule has 1 saturated heterocycles. The van der Waals surface area contributed by atoms with Crippen LogP contribution >= 0.6 is 32.0 Å². The van der Waals surface area contributed by atoms with Crippen LogP contribution in [0.2, 0.25) is 0 Å². The van der Waals surface area contributed by atoms with Gasteiger partial charge in [0.1, 0.15) is 0 Å². The van der Waals surface area contributed by atoms with E-state index in [1.165, 1.54) is 12.8 Å². The Morgan fingerprint density at radius 3 is 2.09 bits per heavy atom. The van der Waals surface area contributed by atoms with Crippen LogP contribution in [0, 0.1) is 4.91 Å². The Morgan fingerprint density at radius 2 is 1.41 bits per heavy atom. The molecule has 1 N–H and O–H groups in total. The Hall–Kier alpha value is 0.749. The maximum atomic E-state index is 10.5. The first kappa shape index (κ1) is 32.8. The molecule has 12 heteroatoms. The van der Waals surface area contributed by atoms with E-state index in [-0.39, 0.29) is 30.9 Å². The van der Waals surface area contributed by atoms with Gasteiger partial charge in [-0.1, -0.05) is 51.4 Å². The molecule has 0 amide bonds. The Balaban J connectivity index is -0.000000787. The van der Waals surface area contributed by atoms with Crippen molar-refractivity contribution in [3.05, 3.63) is 36.3 Å². The molecule has 1 heterocycles.